The minimum atomic E-state index is 0.772. The Morgan fingerprint density at radius 2 is 2.28 bits per heavy atom. The van der Waals surface area contributed by atoms with Crippen LogP contribution in [0.25, 0.3) is 10.9 Å². The molecular weight excluding hydrogens is 244 g/mol. The summed E-state index contributed by atoms with van der Waals surface area (Å²) >= 11 is 6.33. The van der Waals surface area contributed by atoms with Crippen LogP contribution < -0.4 is 5.32 Å². The average molecular weight is 263 g/mol. The first-order valence-corrected chi connectivity index (χ1v) is 6.99. The van der Waals surface area contributed by atoms with Crippen LogP contribution in [0.3, 0.4) is 0 Å². The predicted molar refractivity (Wildman–Crippen MR) is 77.3 cm³/mol. The fourth-order valence-electron chi connectivity index (χ4n) is 3.10. The summed E-state index contributed by atoms with van der Waals surface area (Å²) in [6.45, 7) is 4.51. The number of nitrogens with one attached hydrogen (secondary N) is 1. The molecule has 0 spiro atoms. The van der Waals surface area contributed by atoms with Gasteiger partial charge in [-0.25, -0.2) is 0 Å². The third kappa shape index (κ3) is 1.84. The molecule has 1 aromatic carbocycles. The van der Waals surface area contributed by atoms with Gasteiger partial charge in [0, 0.05) is 18.1 Å². The third-order valence-electron chi connectivity index (χ3n) is 4.24. The highest BCUT2D eigenvalue weighted by atomic mass is 35.5. The lowest BCUT2D eigenvalue weighted by molar-refractivity contribution is 0.579. The molecule has 1 aliphatic rings. The summed E-state index contributed by atoms with van der Waals surface area (Å²) in [4.78, 5) is 0. The lowest BCUT2D eigenvalue weighted by Gasteiger charge is -2.08. The fraction of sp³-hybridized carbons (Fsp3) is 0.467. The highest BCUT2D eigenvalue weighted by molar-refractivity contribution is 6.35. The Hall–Kier alpha value is -0.990. The minimum Gasteiger partial charge on any atom is -0.346 e. The Balaban J connectivity index is 2.10. The highest BCUT2D eigenvalue weighted by Gasteiger charge is 2.20. The van der Waals surface area contributed by atoms with Crippen molar-refractivity contribution < 1.29 is 0 Å². The van der Waals surface area contributed by atoms with E-state index in [0.717, 1.165) is 30.5 Å². The topological polar surface area (TPSA) is 17.0 Å². The van der Waals surface area contributed by atoms with Gasteiger partial charge in [0.25, 0.3) is 0 Å². The number of hydrogen-bond donors (Lipinski definition) is 1. The smallest absolute Gasteiger partial charge is 0.0672 e. The van der Waals surface area contributed by atoms with E-state index in [9.17, 15) is 0 Å². The van der Waals surface area contributed by atoms with E-state index in [0.29, 0.717) is 0 Å². The first-order chi connectivity index (χ1) is 8.68. The molecule has 0 bridgehead atoms. The van der Waals surface area contributed by atoms with Crippen LogP contribution >= 0.6 is 11.6 Å². The second kappa shape index (κ2) is 4.60. The van der Waals surface area contributed by atoms with Crippen molar-refractivity contribution in [3.63, 3.8) is 0 Å². The molecule has 2 aromatic rings. The Kier molecular flexibility index (Phi) is 3.08. The van der Waals surface area contributed by atoms with E-state index in [2.05, 4.69) is 36.0 Å². The molecule has 3 heteroatoms. The van der Waals surface area contributed by atoms with E-state index in [-0.39, 0.29) is 0 Å². The second-order valence-electron chi connectivity index (χ2n) is 5.32. The Labute approximate surface area is 113 Å². The molecule has 0 saturated carbocycles. The third-order valence-corrected chi connectivity index (χ3v) is 4.55. The molecular formula is C15H19ClN2. The van der Waals surface area contributed by atoms with Crippen LogP contribution in [0.5, 0.6) is 0 Å². The fourth-order valence-corrected chi connectivity index (χ4v) is 3.40. The zero-order valence-electron chi connectivity index (χ0n) is 11.0. The summed E-state index contributed by atoms with van der Waals surface area (Å²) in [5.74, 6) is 0.772. The molecule has 18 heavy (non-hydrogen) atoms. The van der Waals surface area contributed by atoms with Gasteiger partial charge in [-0.1, -0.05) is 23.7 Å². The quantitative estimate of drug-likeness (QED) is 0.879. The van der Waals surface area contributed by atoms with Gasteiger partial charge in [0.2, 0.25) is 0 Å². The molecule has 1 N–H and O–H groups in total. The van der Waals surface area contributed by atoms with Gasteiger partial charge in [0.05, 0.1) is 10.5 Å². The number of rotatable bonds is 2. The molecule has 1 unspecified atom stereocenters. The van der Waals surface area contributed by atoms with Crippen molar-refractivity contribution in [2.75, 3.05) is 13.1 Å². The van der Waals surface area contributed by atoms with Gasteiger partial charge in [-0.3, -0.25) is 0 Å². The lowest BCUT2D eigenvalue weighted by atomic mass is 9.96. The Bertz CT molecular complexity index is 580. The number of nitrogens with zero attached hydrogens (tertiary/aromatic N) is 1. The van der Waals surface area contributed by atoms with Crippen LogP contribution in [0, 0.1) is 12.8 Å². The normalized spacial score (nSPS) is 19.8. The van der Waals surface area contributed by atoms with Gasteiger partial charge in [-0.2, -0.15) is 0 Å². The van der Waals surface area contributed by atoms with E-state index < -0.39 is 0 Å². The van der Waals surface area contributed by atoms with E-state index in [1.54, 1.807) is 0 Å². The van der Waals surface area contributed by atoms with Gasteiger partial charge in [-0.05, 0) is 50.4 Å². The molecule has 1 saturated heterocycles. The molecule has 96 valence electrons. The number of benzene rings is 1. The maximum absolute atomic E-state index is 6.33. The van der Waals surface area contributed by atoms with Crippen molar-refractivity contribution in [1.29, 1.82) is 0 Å². The van der Waals surface area contributed by atoms with Crippen molar-refractivity contribution >= 4 is 22.5 Å². The van der Waals surface area contributed by atoms with Crippen LogP contribution in [-0.4, -0.2) is 17.7 Å². The maximum Gasteiger partial charge on any atom is 0.0672 e. The lowest BCUT2D eigenvalue weighted by Crippen LogP contribution is -2.11. The van der Waals surface area contributed by atoms with Crippen LogP contribution in [-0.2, 0) is 13.5 Å². The van der Waals surface area contributed by atoms with Crippen LogP contribution in [0.1, 0.15) is 17.7 Å². The Morgan fingerprint density at radius 1 is 1.44 bits per heavy atom. The summed E-state index contributed by atoms with van der Waals surface area (Å²) in [6.07, 6.45) is 2.45. The van der Waals surface area contributed by atoms with E-state index in [1.807, 2.05) is 6.07 Å². The average Bonchev–Trinajstić information content (AvgIpc) is 2.94. The van der Waals surface area contributed by atoms with Crippen LogP contribution in [0.2, 0.25) is 5.02 Å². The van der Waals surface area contributed by atoms with Gasteiger partial charge in [0.1, 0.15) is 0 Å². The number of fused-ring (bicyclic) bond motifs is 1. The van der Waals surface area contributed by atoms with Crippen molar-refractivity contribution in [3.8, 4) is 0 Å². The van der Waals surface area contributed by atoms with Crippen LogP contribution in [0.4, 0.5) is 0 Å². The number of aryl methyl sites for hydroxylation is 1. The molecule has 1 aliphatic heterocycles. The molecule has 3 rings (SSSR count). The van der Waals surface area contributed by atoms with Gasteiger partial charge in [0.15, 0.2) is 0 Å². The number of hydrogen-bond acceptors (Lipinski definition) is 1. The first kappa shape index (κ1) is 12.1. The number of halogens is 1. The molecule has 2 nitrogen and oxygen atoms in total. The van der Waals surface area contributed by atoms with Crippen LogP contribution in [0.15, 0.2) is 18.2 Å². The van der Waals surface area contributed by atoms with E-state index in [1.165, 1.54) is 28.6 Å². The molecule has 1 atom stereocenters. The molecule has 1 fully saturated rings. The highest BCUT2D eigenvalue weighted by Crippen LogP contribution is 2.32. The summed E-state index contributed by atoms with van der Waals surface area (Å²) in [5.41, 5.74) is 4.01. The van der Waals surface area contributed by atoms with E-state index in [4.69, 9.17) is 11.6 Å². The molecule has 2 heterocycles. The standard InChI is InChI=1S/C15H19ClN2/c1-10-13(8-11-6-7-17-9-11)12-4-3-5-14(16)15(12)18(10)2/h3-5,11,17H,6-9H2,1-2H3. The Morgan fingerprint density at radius 3 is 3.00 bits per heavy atom. The summed E-state index contributed by atoms with van der Waals surface area (Å²) in [6, 6.07) is 6.23. The first-order valence-electron chi connectivity index (χ1n) is 6.61. The molecule has 0 aliphatic carbocycles. The van der Waals surface area contributed by atoms with Crippen molar-refractivity contribution in [2.45, 2.75) is 19.8 Å². The monoisotopic (exact) mass is 262 g/mol. The number of para-hydroxylation sites is 1. The summed E-state index contributed by atoms with van der Waals surface area (Å²) in [7, 11) is 2.11. The number of aromatic nitrogens is 1. The molecule has 0 radical (unpaired) electrons. The van der Waals surface area contributed by atoms with E-state index >= 15 is 0 Å². The maximum atomic E-state index is 6.33. The largest absolute Gasteiger partial charge is 0.346 e. The zero-order chi connectivity index (χ0) is 12.7. The zero-order valence-corrected chi connectivity index (χ0v) is 11.7. The molecule has 0 amide bonds. The van der Waals surface area contributed by atoms with Crippen molar-refractivity contribution in [1.82, 2.24) is 9.88 Å². The summed E-state index contributed by atoms with van der Waals surface area (Å²) in [5, 5.41) is 5.63. The van der Waals surface area contributed by atoms with Gasteiger partial charge in [-0.15, -0.1) is 0 Å². The van der Waals surface area contributed by atoms with Gasteiger partial charge < -0.3 is 9.88 Å². The molecule has 1 aromatic heterocycles. The van der Waals surface area contributed by atoms with Crippen molar-refractivity contribution in [3.05, 3.63) is 34.5 Å². The SMILES string of the molecule is Cc1c(CC2CCNC2)c2cccc(Cl)c2n1C. The van der Waals surface area contributed by atoms with Crippen molar-refractivity contribution in [2.24, 2.45) is 13.0 Å². The minimum absolute atomic E-state index is 0.772. The second-order valence-corrected chi connectivity index (χ2v) is 5.73. The van der Waals surface area contributed by atoms with Gasteiger partial charge >= 0.3 is 0 Å². The predicted octanol–water partition coefficient (Wildman–Crippen LogP) is 3.29. The summed E-state index contributed by atoms with van der Waals surface area (Å²) < 4.78 is 2.23.